The van der Waals surface area contributed by atoms with Gasteiger partial charge in [0.25, 0.3) is 0 Å². The van der Waals surface area contributed by atoms with Crippen LogP contribution in [-0.4, -0.2) is 37.8 Å². The van der Waals surface area contributed by atoms with E-state index in [4.69, 9.17) is 0 Å². The van der Waals surface area contributed by atoms with Gasteiger partial charge >= 0.3 is 0 Å². The van der Waals surface area contributed by atoms with E-state index < -0.39 is 21.7 Å². The van der Waals surface area contributed by atoms with Crippen LogP contribution in [0.15, 0.2) is 23.6 Å². The largest absolute Gasteiger partial charge is 0.312 e. The number of nitrogens with zero attached hydrogens (tertiary/aromatic N) is 1. The first kappa shape index (κ1) is 24.2. The van der Waals surface area contributed by atoms with E-state index in [0.29, 0.717) is 17.0 Å². The van der Waals surface area contributed by atoms with Crippen molar-refractivity contribution in [1.29, 1.82) is 0 Å². The first-order valence-corrected chi connectivity index (χ1v) is 10.5. The molecule has 0 spiro atoms. The Morgan fingerprint density at radius 1 is 1.26 bits per heavy atom. The Bertz CT molecular complexity index is 845. The van der Waals surface area contributed by atoms with Gasteiger partial charge in [-0.3, -0.25) is 0 Å². The number of hydrogen-bond acceptors (Lipinski definition) is 5. The van der Waals surface area contributed by atoms with Crippen molar-refractivity contribution < 1.29 is 17.2 Å². The predicted molar refractivity (Wildman–Crippen MR) is 108 cm³/mol. The van der Waals surface area contributed by atoms with Crippen LogP contribution in [0.1, 0.15) is 19.0 Å². The molecule has 0 radical (unpaired) electrons. The summed E-state index contributed by atoms with van der Waals surface area (Å²) in [7, 11) is -3.27. The van der Waals surface area contributed by atoms with Crippen LogP contribution in [0, 0.1) is 11.6 Å². The molecule has 1 aromatic heterocycles. The fourth-order valence-corrected chi connectivity index (χ4v) is 4.60. The number of thiazole rings is 1. The Hall–Kier alpha value is -0.840. The van der Waals surface area contributed by atoms with Crippen molar-refractivity contribution in [2.75, 3.05) is 12.3 Å². The summed E-state index contributed by atoms with van der Waals surface area (Å²) >= 11 is 1.31. The molecular formula is C16H21Cl2F2N3O2S2. The summed E-state index contributed by atoms with van der Waals surface area (Å²) in [6, 6.07) is 3.09. The lowest BCUT2D eigenvalue weighted by Gasteiger charge is -2.19. The molecule has 2 aromatic rings. The molecule has 2 N–H and O–H groups in total. The smallest absolute Gasteiger partial charge is 0.211 e. The average molecular weight is 460 g/mol. The number of aromatic nitrogens is 1. The van der Waals surface area contributed by atoms with Gasteiger partial charge in [0.1, 0.15) is 16.6 Å². The zero-order chi connectivity index (χ0) is 18.0. The Labute approximate surface area is 173 Å². The van der Waals surface area contributed by atoms with Crippen LogP contribution in [0.2, 0.25) is 0 Å². The molecule has 1 aliphatic heterocycles. The van der Waals surface area contributed by atoms with E-state index in [1.807, 2.05) is 5.38 Å². The SMILES string of the molecule is CCS(=O)(=O)NC1CCNC1Cc1csc(-c2cc(F)cc(F)c2)n1.Cl.Cl. The van der Waals surface area contributed by atoms with Gasteiger partial charge < -0.3 is 5.32 Å². The Balaban J connectivity index is 0.00000182. The van der Waals surface area contributed by atoms with Gasteiger partial charge in [0.05, 0.1) is 11.4 Å². The summed E-state index contributed by atoms with van der Waals surface area (Å²) in [5, 5.41) is 5.66. The first-order chi connectivity index (χ1) is 11.9. The molecule has 0 amide bonds. The topological polar surface area (TPSA) is 71.1 Å². The normalized spacial score (nSPS) is 19.4. The van der Waals surface area contributed by atoms with Crippen LogP contribution in [0.4, 0.5) is 8.78 Å². The third-order valence-corrected chi connectivity index (χ3v) is 6.51. The van der Waals surface area contributed by atoms with Gasteiger partial charge in [-0.25, -0.2) is 26.9 Å². The lowest BCUT2D eigenvalue weighted by atomic mass is 10.1. The van der Waals surface area contributed by atoms with E-state index in [2.05, 4.69) is 15.0 Å². The average Bonchev–Trinajstić information content (AvgIpc) is 3.17. The maximum atomic E-state index is 13.4. The predicted octanol–water partition coefficient (Wildman–Crippen LogP) is 3.14. The van der Waals surface area contributed by atoms with Gasteiger partial charge in [-0.1, -0.05) is 0 Å². The highest BCUT2D eigenvalue weighted by Gasteiger charge is 2.30. The van der Waals surface area contributed by atoms with Gasteiger partial charge in [-0.2, -0.15) is 0 Å². The Kier molecular flexibility index (Phi) is 9.04. The number of rotatable bonds is 6. The fraction of sp³-hybridized carbons (Fsp3) is 0.438. The molecule has 2 heterocycles. The summed E-state index contributed by atoms with van der Waals surface area (Å²) in [6.45, 7) is 2.33. The zero-order valence-corrected chi connectivity index (χ0v) is 17.7. The van der Waals surface area contributed by atoms with Crippen LogP contribution in [0.25, 0.3) is 10.6 Å². The molecule has 1 aliphatic rings. The van der Waals surface area contributed by atoms with Crippen molar-refractivity contribution >= 4 is 46.2 Å². The molecule has 3 rings (SSSR count). The van der Waals surface area contributed by atoms with Crippen LogP contribution >= 0.6 is 36.2 Å². The maximum absolute atomic E-state index is 13.4. The second kappa shape index (κ2) is 10.1. The lowest BCUT2D eigenvalue weighted by molar-refractivity contribution is 0.489. The van der Waals surface area contributed by atoms with Crippen LogP contribution in [-0.2, 0) is 16.4 Å². The monoisotopic (exact) mass is 459 g/mol. The van der Waals surface area contributed by atoms with Gasteiger partial charge in [0, 0.05) is 35.5 Å². The van der Waals surface area contributed by atoms with Gasteiger partial charge in [-0.05, 0) is 32.0 Å². The standard InChI is InChI=1S/C16H19F2N3O2S2.2ClH/c1-2-25(22,23)21-14-3-4-19-15(14)8-13-9-24-16(20-13)10-5-11(17)7-12(18)6-10;;/h5-7,9,14-15,19,21H,2-4,8H2,1H3;2*1H. The summed E-state index contributed by atoms with van der Waals surface area (Å²) in [6.07, 6.45) is 1.27. The van der Waals surface area contributed by atoms with Gasteiger partial charge in [0.2, 0.25) is 10.0 Å². The van der Waals surface area contributed by atoms with Crippen LogP contribution in [0.5, 0.6) is 0 Å². The van der Waals surface area contributed by atoms with E-state index in [1.54, 1.807) is 6.92 Å². The van der Waals surface area contributed by atoms with E-state index in [9.17, 15) is 17.2 Å². The zero-order valence-electron chi connectivity index (χ0n) is 14.4. The van der Waals surface area contributed by atoms with E-state index in [0.717, 1.165) is 24.7 Å². The molecule has 2 unspecified atom stereocenters. The van der Waals surface area contributed by atoms with Crippen molar-refractivity contribution in [1.82, 2.24) is 15.0 Å². The molecule has 0 saturated carbocycles. The highest BCUT2D eigenvalue weighted by atomic mass is 35.5. The minimum Gasteiger partial charge on any atom is -0.312 e. The molecule has 1 aromatic carbocycles. The first-order valence-electron chi connectivity index (χ1n) is 8.00. The molecule has 5 nitrogen and oxygen atoms in total. The Morgan fingerprint density at radius 2 is 1.93 bits per heavy atom. The quantitative estimate of drug-likeness (QED) is 0.695. The fourth-order valence-electron chi connectivity index (χ4n) is 2.87. The van der Waals surface area contributed by atoms with Gasteiger partial charge in [0.15, 0.2) is 0 Å². The lowest BCUT2D eigenvalue weighted by Crippen LogP contribution is -2.45. The molecular weight excluding hydrogens is 439 g/mol. The summed E-state index contributed by atoms with van der Waals surface area (Å²) in [5.41, 5.74) is 1.17. The summed E-state index contributed by atoms with van der Waals surface area (Å²) < 4.78 is 53.0. The van der Waals surface area contributed by atoms with E-state index in [-0.39, 0.29) is 42.7 Å². The third kappa shape index (κ3) is 6.33. The molecule has 1 saturated heterocycles. The molecule has 1 fully saturated rings. The number of sulfonamides is 1. The molecule has 27 heavy (non-hydrogen) atoms. The van der Waals surface area contributed by atoms with E-state index >= 15 is 0 Å². The second-order valence-corrected chi connectivity index (χ2v) is 8.88. The van der Waals surface area contributed by atoms with Crippen molar-refractivity contribution in [3.05, 3.63) is 40.9 Å². The molecule has 0 aliphatic carbocycles. The Morgan fingerprint density at radius 3 is 2.56 bits per heavy atom. The minimum atomic E-state index is -3.27. The highest BCUT2D eigenvalue weighted by Crippen LogP contribution is 2.26. The van der Waals surface area contributed by atoms with Crippen molar-refractivity contribution in [3.63, 3.8) is 0 Å². The number of benzene rings is 1. The third-order valence-electron chi connectivity index (χ3n) is 4.15. The second-order valence-electron chi connectivity index (χ2n) is 5.98. The molecule has 0 bridgehead atoms. The van der Waals surface area contributed by atoms with Crippen LogP contribution in [0.3, 0.4) is 0 Å². The molecule has 2 atom stereocenters. The van der Waals surface area contributed by atoms with Crippen molar-refractivity contribution in [2.45, 2.75) is 31.8 Å². The van der Waals surface area contributed by atoms with E-state index in [1.165, 1.54) is 23.5 Å². The minimum absolute atomic E-state index is 0. The molecule has 152 valence electrons. The van der Waals surface area contributed by atoms with Crippen LogP contribution < -0.4 is 10.0 Å². The molecule has 11 heteroatoms. The number of hydrogen-bond donors (Lipinski definition) is 2. The summed E-state index contributed by atoms with van der Waals surface area (Å²) in [5.74, 6) is -1.24. The van der Waals surface area contributed by atoms with Crippen molar-refractivity contribution in [2.24, 2.45) is 0 Å². The maximum Gasteiger partial charge on any atom is 0.211 e. The number of halogens is 4. The number of nitrogens with one attached hydrogen (secondary N) is 2. The van der Waals surface area contributed by atoms with Gasteiger partial charge in [-0.15, -0.1) is 36.2 Å². The highest BCUT2D eigenvalue weighted by molar-refractivity contribution is 7.89. The summed E-state index contributed by atoms with van der Waals surface area (Å²) in [4.78, 5) is 4.45. The van der Waals surface area contributed by atoms with Crippen molar-refractivity contribution in [3.8, 4) is 10.6 Å².